The number of hydrogen-bond donors (Lipinski definition) is 2. The molecule has 2 aromatic rings. The van der Waals surface area contributed by atoms with E-state index in [0.29, 0.717) is 40.7 Å². The molecule has 0 radical (unpaired) electrons. The molecule has 0 saturated carbocycles. The molecule has 2 amide bonds. The van der Waals surface area contributed by atoms with Gasteiger partial charge >= 0.3 is 0 Å². The molecule has 0 atom stereocenters. The van der Waals surface area contributed by atoms with Crippen molar-refractivity contribution in [2.24, 2.45) is 0 Å². The van der Waals surface area contributed by atoms with Crippen molar-refractivity contribution in [2.45, 2.75) is 12.8 Å². The minimum atomic E-state index is -0.188. The zero-order chi connectivity index (χ0) is 19.1. The molecule has 2 N–H and O–H groups in total. The summed E-state index contributed by atoms with van der Waals surface area (Å²) in [6.07, 6.45) is 0.823. The third-order valence-electron chi connectivity index (χ3n) is 3.69. The van der Waals surface area contributed by atoms with Gasteiger partial charge in [0.2, 0.25) is 5.91 Å². The molecule has 0 spiro atoms. The summed E-state index contributed by atoms with van der Waals surface area (Å²) < 4.78 is 0. The number of anilines is 2. The van der Waals surface area contributed by atoms with Crippen molar-refractivity contribution < 1.29 is 9.59 Å². The highest BCUT2D eigenvalue weighted by atomic mass is 35.5. The molecule has 138 valence electrons. The summed E-state index contributed by atoms with van der Waals surface area (Å²) in [6.45, 7) is 0.408. The van der Waals surface area contributed by atoms with E-state index < -0.39 is 0 Å². The van der Waals surface area contributed by atoms with E-state index in [0.717, 1.165) is 5.69 Å². The molecule has 0 heterocycles. The van der Waals surface area contributed by atoms with Gasteiger partial charge in [0.15, 0.2) is 0 Å². The lowest BCUT2D eigenvalue weighted by Gasteiger charge is -2.18. The predicted molar refractivity (Wildman–Crippen MR) is 107 cm³/mol. The molecule has 2 aromatic carbocycles. The van der Waals surface area contributed by atoms with E-state index in [1.165, 1.54) is 0 Å². The van der Waals surface area contributed by atoms with Crippen molar-refractivity contribution in [2.75, 3.05) is 30.9 Å². The molecule has 0 bridgehead atoms. The van der Waals surface area contributed by atoms with E-state index in [1.807, 2.05) is 25.1 Å². The second-order valence-corrected chi connectivity index (χ2v) is 6.84. The van der Waals surface area contributed by atoms with E-state index >= 15 is 0 Å². The van der Waals surface area contributed by atoms with Crippen LogP contribution < -0.4 is 15.5 Å². The first-order valence-electron chi connectivity index (χ1n) is 8.17. The van der Waals surface area contributed by atoms with Gasteiger partial charge in [-0.05, 0) is 48.9 Å². The van der Waals surface area contributed by atoms with Crippen LogP contribution in [0.2, 0.25) is 10.0 Å². The van der Waals surface area contributed by atoms with Crippen LogP contribution in [0.15, 0.2) is 42.5 Å². The molecule has 0 fully saturated rings. The molecule has 5 nitrogen and oxygen atoms in total. The quantitative estimate of drug-likeness (QED) is 0.692. The lowest BCUT2D eigenvalue weighted by Crippen LogP contribution is -2.25. The van der Waals surface area contributed by atoms with E-state index in [2.05, 4.69) is 10.6 Å². The predicted octanol–water partition coefficient (Wildman–Crippen LogP) is 4.21. The number of amides is 2. The Balaban J connectivity index is 1.80. The van der Waals surface area contributed by atoms with Crippen molar-refractivity contribution >= 4 is 46.4 Å². The SMILES string of the molecule is CN(C)c1ccc(Cl)cc1NC(=O)CCCNC(=O)c1ccc(Cl)cc1. The van der Waals surface area contributed by atoms with E-state index in [9.17, 15) is 9.59 Å². The number of nitrogens with zero attached hydrogens (tertiary/aromatic N) is 1. The first-order valence-corrected chi connectivity index (χ1v) is 8.93. The zero-order valence-electron chi connectivity index (χ0n) is 14.7. The number of carbonyl (C=O) groups excluding carboxylic acids is 2. The molecule has 26 heavy (non-hydrogen) atoms. The van der Waals surface area contributed by atoms with Crippen molar-refractivity contribution in [3.05, 3.63) is 58.1 Å². The molecule has 2 rings (SSSR count). The van der Waals surface area contributed by atoms with Crippen molar-refractivity contribution in [1.29, 1.82) is 0 Å². The van der Waals surface area contributed by atoms with Crippen LogP contribution in [0.4, 0.5) is 11.4 Å². The Bertz CT molecular complexity index is 777. The van der Waals surface area contributed by atoms with Gasteiger partial charge < -0.3 is 15.5 Å². The zero-order valence-corrected chi connectivity index (χ0v) is 16.2. The van der Waals surface area contributed by atoms with Gasteiger partial charge in [0.1, 0.15) is 0 Å². The third kappa shape index (κ3) is 5.93. The van der Waals surface area contributed by atoms with Gasteiger partial charge in [-0.1, -0.05) is 23.2 Å². The lowest BCUT2D eigenvalue weighted by atomic mass is 10.2. The van der Waals surface area contributed by atoms with Crippen molar-refractivity contribution in [3.8, 4) is 0 Å². The second-order valence-electron chi connectivity index (χ2n) is 5.97. The monoisotopic (exact) mass is 393 g/mol. The normalized spacial score (nSPS) is 10.3. The van der Waals surface area contributed by atoms with Gasteiger partial charge in [-0.2, -0.15) is 0 Å². The van der Waals surface area contributed by atoms with Crippen molar-refractivity contribution in [1.82, 2.24) is 5.32 Å². The summed E-state index contributed by atoms with van der Waals surface area (Å²) in [4.78, 5) is 26.0. The van der Waals surface area contributed by atoms with Crippen LogP contribution in [-0.4, -0.2) is 32.5 Å². The average molecular weight is 394 g/mol. The average Bonchev–Trinajstić information content (AvgIpc) is 2.59. The van der Waals surface area contributed by atoms with Gasteiger partial charge in [0, 0.05) is 42.7 Å². The minimum Gasteiger partial charge on any atom is -0.376 e. The molecule has 7 heteroatoms. The summed E-state index contributed by atoms with van der Waals surface area (Å²) in [7, 11) is 3.79. The molecular weight excluding hydrogens is 373 g/mol. The molecule has 0 aliphatic rings. The minimum absolute atomic E-state index is 0.129. The molecule has 0 unspecified atom stereocenters. The van der Waals surface area contributed by atoms with Crippen molar-refractivity contribution in [3.63, 3.8) is 0 Å². The first-order chi connectivity index (χ1) is 12.4. The second kappa shape index (κ2) is 9.46. The smallest absolute Gasteiger partial charge is 0.251 e. The van der Waals surface area contributed by atoms with Crippen LogP contribution >= 0.6 is 23.2 Å². The summed E-state index contributed by atoms with van der Waals surface area (Å²) in [5, 5.41) is 6.79. The molecular formula is C19H21Cl2N3O2. The van der Waals surface area contributed by atoms with Crippen LogP contribution in [0.3, 0.4) is 0 Å². The Morgan fingerprint density at radius 1 is 1.00 bits per heavy atom. The van der Waals surface area contributed by atoms with Crippen LogP contribution in [0, 0.1) is 0 Å². The van der Waals surface area contributed by atoms with Gasteiger partial charge in [0.25, 0.3) is 5.91 Å². The van der Waals surface area contributed by atoms with Crippen LogP contribution in [0.25, 0.3) is 0 Å². The molecule has 0 saturated heterocycles. The highest BCUT2D eigenvalue weighted by Gasteiger charge is 2.10. The van der Waals surface area contributed by atoms with Gasteiger partial charge in [-0.3, -0.25) is 9.59 Å². The van der Waals surface area contributed by atoms with E-state index in [1.54, 1.807) is 36.4 Å². The van der Waals surface area contributed by atoms with Gasteiger partial charge in [-0.25, -0.2) is 0 Å². The Labute approximate surface area is 163 Å². The third-order valence-corrected chi connectivity index (χ3v) is 4.17. The maximum absolute atomic E-state index is 12.2. The Morgan fingerprint density at radius 2 is 1.65 bits per heavy atom. The molecule has 0 aliphatic carbocycles. The van der Waals surface area contributed by atoms with E-state index in [-0.39, 0.29) is 11.8 Å². The van der Waals surface area contributed by atoms with Gasteiger partial charge in [-0.15, -0.1) is 0 Å². The topological polar surface area (TPSA) is 61.4 Å². The van der Waals surface area contributed by atoms with Crippen LogP contribution in [-0.2, 0) is 4.79 Å². The fourth-order valence-electron chi connectivity index (χ4n) is 2.37. The summed E-state index contributed by atoms with van der Waals surface area (Å²) >= 11 is 11.8. The maximum Gasteiger partial charge on any atom is 0.251 e. The number of halogens is 2. The Morgan fingerprint density at radius 3 is 2.31 bits per heavy atom. The number of nitrogens with one attached hydrogen (secondary N) is 2. The summed E-state index contributed by atoms with van der Waals surface area (Å²) in [5.41, 5.74) is 2.07. The number of rotatable bonds is 7. The summed E-state index contributed by atoms with van der Waals surface area (Å²) in [5.74, 6) is -0.317. The summed E-state index contributed by atoms with van der Waals surface area (Å²) in [6, 6.07) is 12.0. The standard InChI is InChI=1S/C19H21Cl2N3O2/c1-24(2)17-10-9-15(21)12-16(17)23-18(25)4-3-11-22-19(26)13-5-7-14(20)8-6-13/h5-10,12H,3-4,11H2,1-2H3,(H,22,26)(H,23,25). The fourth-order valence-corrected chi connectivity index (χ4v) is 2.66. The lowest BCUT2D eigenvalue weighted by molar-refractivity contribution is -0.116. The van der Waals surface area contributed by atoms with Crippen LogP contribution in [0.5, 0.6) is 0 Å². The first kappa shape index (κ1) is 20.1. The van der Waals surface area contributed by atoms with Gasteiger partial charge in [0.05, 0.1) is 11.4 Å². The highest BCUT2D eigenvalue weighted by Crippen LogP contribution is 2.27. The number of benzene rings is 2. The fraction of sp³-hybridized carbons (Fsp3) is 0.263. The Hall–Kier alpha value is -2.24. The largest absolute Gasteiger partial charge is 0.376 e. The molecule has 0 aliphatic heterocycles. The number of hydrogen-bond acceptors (Lipinski definition) is 3. The van der Waals surface area contributed by atoms with Crippen LogP contribution in [0.1, 0.15) is 23.2 Å². The Kier molecular flexibility index (Phi) is 7.30. The number of carbonyl (C=O) groups is 2. The highest BCUT2D eigenvalue weighted by molar-refractivity contribution is 6.31. The van der Waals surface area contributed by atoms with E-state index in [4.69, 9.17) is 23.2 Å². The maximum atomic E-state index is 12.2. The molecule has 0 aromatic heterocycles.